The summed E-state index contributed by atoms with van der Waals surface area (Å²) in [6, 6.07) is 18.2. The molecule has 0 atom stereocenters. The van der Waals surface area contributed by atoms with Crippen LogP contribution in [0.25, 0.3) is 0 Å². The van der Waals surface area contributed by atoms with Crippen LogP contribution in [0.1, 0.15) is 36.1 Å². The quantitative estimate of drug-likeness (QED) is 0.163. The SMILES string of the molecule is CCc1cc(C(c2ccc(Oc3ccc(N)cc3)c(CC)c2)(C(F)(F)F)C(F)(F)F)ccc1Oc1ccc(N)cc1. The highest BCUT2D eigenvalue weighted by molar-refractivity contribution is 5.53. The highest BCUT2D eigenvalue weighted by Gasteiger charge is 2.72. The lowest BCUT2D eigenvalue weighted by molar-refractivity contribution is -0.288. The summed E-state index contributed by atoms with van der Waals surface area (Å²) in [5.74, 6) is 0.953. The molecule has 4 nitrogen and oxygen atoms in total. The van der Waals surface area contributed by atoms with Crippen molar-refractivity contribution < 1.29 is 35.8 Å². The van der Waals surface area contributed by atoms with Gasteiger partial charge in [-0.2, -0.15) is 26.3 Å². The van der Waals surface area contributed by atoms with Gasteiger partial charge >= 0.3 is 12.4 Å². The van der Waals surface area contributed by atoms with E-state index < -0.39 is 28.9 Å². The topological polar surface area (TPSA) is 70.5 Å². The monoisotopic (exact) mass is 574 g/mol. The minimum atomic E-state index is -5.74. The first-order valence-electron chi connectivity index (χ1n) is 12.8. The minimum Gasteiger partial charge on any atom is -0.457 e. The van der Waals surface area contributed by atoms with Gasteiger partial charge < -0.3 is 20.9 Å². The molecule has 0 fully saturated rings. The van der Waals surface area contributed by atoms with Gasteiger partial charge in [0.2, 0.25) is 5.41 Å². The first kappa shape index (κ1) is 29.6. The van der Waals surface area contributed by atoms with Gasteiger partial charge in [-0.3, -0.25) is 0 Å². The lowest BCUT2D eigenvalue weighted by Crippen LogP contribution is -2.54. The highest BCUT2D eigenvalue weighted by atomic mass is 19.4. The van der Waals surface area contributed by atoms with Crippen LogP contribution >= 0.6 is 0 Å². The first-order chi connectivity index (χ1) is 19.3. The zero-order chi connectivity index (χ0) is 30.0. The third-order valence-corrected chi connectivity index (χ3v) is 6.82. The molecule has 0 heterocycles. The Balaban J connectivity index is 1.86. The Labute approximate surface area is 233 Å². The molecule has 0 radical (unpaired) electrons. The first-order valence-corrected chi connectivity index (χ1v) is 12.8. The van der Waals surface area contributed by atoms with E-state index in [4.69, 9.17) is 20.9 Å². The van der Waals surface area contributed by atoms with Crippen LogP contribution in [0.5, 0.6) is 23.0 Å². The Morgan fingerprint density at radius 2 is 0.878 bits per heavy atom. The molecule has 4 aromatic carbocycles. The third kappa shape index (κ3) is 5.77. The average Bonchev–Trinajstić information content (AvgIpc) is 2.91. The zero-order valence-electron chi connectivity index (χ0n) is 22.2. The van der Waals surface area contributed by atoms with E-state index in [9.17, 15) is 26.3 Å². The fourth-order valence-corrected chi connectivity index (χ4v) is 4.68. The predicted octanol–water partition coefficient (Wildman–Crippen LogP) is 8.97. The number of nitrogen functional groups attached to an aromatic ring is 2. The average molecular weight is 575 g/mol. The molecular weight excluding hydrogens is 546 g/mol. The Kier molecular flexibility index (Phi) is 8.15. The smallest absolute Gasteiger partial charge is 0.411 e. The summed E-state index contributed by atoms with van der Waals surface area (Å²) in [4.78, 5) is 0. The maximum atomic E-state index is 14.9. The molecule has 4 aromatic rings. The van der Waals surface area contributed by atoms with E-state index in [0.717, 1.165) is 36.4 Å². The van der Waals surface area contributed by atoms with Crippen LogP contribution in [0, 0.1) is 0 Å². The van der Waals surface area contributed by atoms with Crippen LogP contribution in [-0.2, 0) is 18.3 Å². The second-order valence-electron chi connectivity index (χ2n) is 9.44. The summed E-state index contributed by atoms with van der Waals surface area (Å²) in [6.45, 7) is 3.24. The van der Waals surface area contributed by atoms with Gasteiger partial charge in [-0.05, 0) is 95.8 Å². The van der Waals surface area contributed by atoms with Crippen molar-refractivity contribution in [1.29, 1.82) is 0 Å². The Bertz CT molecular complexity index is 1380. The number of alkyl halides is 6. The number of benzene rings is 4. The van der Waals surface area contributed by atoms with Crippen molar-refractivity contribution in [2.75, 3.05) is 11.5 Å². The predicted molar refractivity (Wildman–Crippen MR) is 146 cm³/mol. The normalized spacial score (nSPS) is 12.3. The van der Waals surface area contributed by atoms with E-state index in [1.807, 2.05) is 0 Å². The number of ether oxygens (including phenoxy) is 2. The molecule has 10 heteroatoms. The van der Waals surface area contributed by atoms with E-state index in [0.29, 0.717) is 22.9 Å². The maximum Gasteiger partial charge on any atom is 0.411 e. The van der Waals surface area contributed by atoms with Gasteiger partial charge in [0, 0.05) is 11.4 Å². The molecule has 0 aliphatic carbocycles. The molecular formula is C31H28F6N2O2. The van der Waals surface area contributed by atoms with Crippen molar-refractivity contribution in [3.05, 3.63) is 107 Å². The summed E-state index contributed by atoms with van der Waals surface area (Å²) in [7, 11) is 0. The van der Waals surface area contributed by atoms with Crippen molar-refractivity contribution >= 4 is 11.4 Å². The van der Waals surface area contributed by atoms with Gasteiger partial charge in [-0.25, -0.2) is 0 Å². The van der Waals surface area contributed by atoms with Gasteiger partial charge in [0.15, 0.2) is 0 Å². The molecule has 0 spiro atoms. The minimum absolute atomic E-state index is 0.124. The van der Waals surface area contributed by atoms with E-state index in [1.165, 1.54) is 0 Å². The summed E-state index contributed by atoms with van der Waals surface area (Å²) in [6.07, 6.45) is -11.2. The number of hydrogen-bond acceptors (Lipinski definition) is 4. The molecule has 4 N–H and O–H groups in total. The van der Waals surface area contributed by atoms with Crippen LogP contribution < -0.4 is 20.9 Å². The van der Waals surface area contributed by atoms with E-state index in [2.05, 4.69) is 0 Å². The molecule has 0 saturated carbocycles. The highest BCUT2D eigenvalue weighted by Crippen LogP contribution is 2.57. The lowest BCUT2D eigenvalue weighted by Gasteiger charge is -2.39. The molecule has 0 amide bonds. The number of aryl methyl sites for hydroxylation is 2. The summed E-state index contributed by atoms with van der Waals surface area (Å²) in [5, 5.41) is 0. The lowest BCUT2D eigenvalue weighted by atomic mass is 9.72. The second kappa shape index (κ2) is 11.3. The molecule has 0 bridgehead atoms. The molecule has 0 saturated heterocycles. The van der Waals surface area contributed by atoms with Gasteiger partial charge in [-0.1, -0.05) is 38.1 Å². The van der Waals surface area contributed by atoms with Gasteiger partial charge in [0.05, 0.1) is 0 Å². The maximum absolute atomic E-state index is 14.9. The Morgan fingerprint density at radius 1 is 0.537 bits per heavy atom. The van der Waals surface area contributed by atoms with Crippen molar-refractivity contribution in [1.82, 2.24) is 0 Å². The van der Waals surface area contributed by atoms with Gasteiger partial charge in [0.25, 0.3) is 0 Å². The zero-order valence-corrected chi connectivity index (χ0v) is 22.2. The molecule has 41 heavy (non-hydrogen) atoms. The molecule has 216 valence electrons. The third-order valence-electron chi connectivity index (χ3n) is 6.82. The number of rotatable bonds is 8. The van der Waals surface area contributed by atoms with Crippen molar-refractivity contribution in [3.63, 3.8) is 0 Å². The van der Waals surface area contributed by atoms with Gasteiger partial charge in [-0.15, -0.1) is 0 Å². The Morgan fingerprint density at radius 3 is 1.17 bits per heavy atom. The van der Waals surface area contributed by atoms with Crippen LogP contribution in [0.3, 0.4) is 0 Å². The standard InChI is InChI=1S/C31H28F6N2O2/c1-3-19-17-21(5-15-27(19)40-25-11-7-23(38)8-12-25)29(30(32,33)34,31(35,36)37)22-6-16-28(20(4-2)18-22)41-26-13-9-24(39)10-14-26/h5-18H,3-4,38-39H2,1-2H3. The Hall–Kier alpha value is -4.34. The fraction of sp³-hybridized carbons (Fsp3) is 0.226. The van der Waals surface area contributed by atoms with Gasteiger partial charge in [0.1, 0.15) is 23.0 Å². The molecule has 4 rings (SSSR count). The molecule has 0 aliphatic heterocycles. The summed E-state index contributed by atoms with van der Waals surface area (Å²) < 4.78 is 101. The van der Waals surface area contributed by atoms with Crippen LogP contribution in [0.4, 0.5) is 37.7 Å². The van der Waals surface area contributed by atoms with Crippen LogP contribution in [0.2, 0.25) is 0 Å². The van der Waals surface area contributed by atoms with E-state index >= 15 is 0 Å². The fourth-order valence-electron chi connectivity index (χ4n) is 4.68. The largest absolute Gasteiger partial charge is 0.457 e. The summed E-state index contributed by atoms with van der Waals surface area (Å²) in [5.41, 5.74) is 6.40. The van der Waals surface area contributed by atoms with E-state index in [1.54, 1.807) is 62.4 Å². The van der Waals surface area contributed by atoms with Crippen molar-refractivity contribution in [2.24, 2.45) is 0 Å². The molecule has 0 unspecified atom stereocenters. The number of hydrogen-bond donors (Lipinski definition) is 2. The van der Waals surface area contributed by atoms with Crippen LogP contribution in [-0.4, -0.2) is 12.4 Å². The van der Waals surface area contributed by atoms with Crippen molar-refractivity contribution in [2.45, 2.75) is 44.5 Å². The number of halogens is 6. The molecule has 0 aliphatic rings. The second-order valence-corrected chi connectivity index (χ2v) is 9.44. The number of anilines is 2. The number of nitrogens with two attached hydrogens (primary N) is 2. The molecule has 0 aromatic heterocycles. The van der Waals surface area contributed by atoms with E-state index in [-0.39, 0.29) is 35.5 Å². The summed E-state index contributed by atoms with van der Waals surface area (Å²) >= 11 is 0. The van der Waals surface area contributed by atoms with Crippen LogP contribution in [0.15, 0.2) is 84.9 Å². The van der Waals surface area contributed by atoms with Crippen molar-refractivity contribution in [3.8, 4) is 23.0 Å².